The van der Waals surface area contributed by atoms with Gasteiger partial charge in [0.05, 0.1) is 5.02 Å². The van der Waals surface area contributed by atoms with Crippen molar-refractivity contribution in [2.75, 3.05) is 11.9 Å². The van der Waals surface area contributed by atoms with E-state index in [1.807, 2.05) is 25.2 Å². The molecule has 0 aliphatic rings. The van der Waals surface area contributed by atoms with Crippen LogP contribution < -0.4 is 10.6 Å². The Labute approximate surface area is 122 Å². The fourth-order valence-electron chi connectivity index (χ4n) is 1.82. The van der Waals surface area contributed by atoms with Gasteiger partial charge in [-0.05, 0) is 35.9 Å². The van der Waals surface area contributed by atoms with Crippen LogP contribution in [-0.4, -0.2) is 23.1 Å². The number of aromatic nitrogens is 1. The van der Waals surface area contributed by atoms with Gasteiger partial charge in [0.25, 0.3) is 0 Å². The van der Waals surface area contributed by atoms with Crippen LogP contribution in [0.25, 0.3) is 0 Å². The quantitative estimate of drug-likeness (QED) is 0.393. The Kier molecular flexibility index (Phi) is 4.42. The topological polar surface area (TPSA) is 74.7 Å². The van der Waals surface area contributed by atoms with Crippen molar-refractivity contribution in [3.8, 4) is 0 Å². The molecule has 2 rings (SSSR count). The molecular formula is C14H15ClN4O. The first-order valence-electron chi connectivity index (χ1n) is 5.99. The second-order valence-electron chi connectivity index (χ2n) is 4.36. The summed E-state index contributed by atoms with van der Waals surface area (Å²) in [6.07, 6.45) is 3.35. The fraction of sp³-hybridized carbons (Fsp3) is 0.143. The maximum atomic E-state index is 8.62. The van der Waals surface area contributed by atoms with E-state index in [1.54, 1.807) is 24.5 Å². The number of pyridine rings is 1. The second kappa shape index (κ2) is 6.25. The van der Waals surface area contributed by atoms with E-state index in [-0.39, 0.29) is 5.84 Å². The fourth-order valence-corrected chi connectivity index (χ4v) is 2.00. The molecule has 0 atom stereocenters. The Morgan fingerprint density at radius 1 is 1.35 bits per heavy atom. The molecule has 20 heavy (non-hydrogen) atoms. The van der Waals surface area contributed by atoms with Crippen molar-refractivity contribution in [1.82, 2.24) is 4.98 Å². The predicted molar refractivity (Wildman–Crippen MR) is 80.3 cm³/mol. The molecule has 0 amide bonds. The highest BCUT2D eigenvalue weighted by Gasteiger charge is 2.06. The molecule has 0 aliphatic heterocycles. The lowest BCUT2D eigenvalue weighted by molar-refractivity contribution is 0.318. The number of oxime groups is 1. The van der Waals surface area contributed by atoms with E-state index in [2.05, 4.69) is 15.0 Å². The summed E-state index contributed by atoms with van der Waals surface area (Å²) >= 11 is 6.09. The zero-order valence-corrected chi connectivity index (χ0v) is 11.7. The summed E-state index contributed by atoms with van der Waals surface area (Å²) in [7, 11) is 1.97. The Bertz CT molecular complexity index is 613. The maximum Gasteiger partial charge on any atom is 0.170 e. The number of nitrogens with zero attached hydrogens (tertiary/aromatic N) is 3. The van der Waals surface area contributed by atoms with Crippen LogP contribution >= 0.6 is 11.6 Å². The van der Waals surface area contributed by atoms with Crippen molar-refractivity contribution < 1.29 is 5.21 Å². The molecule has 104 valence electrons. The summed E-state index contributed by atoms with van der Waals surface area (Å²) in [5, 5.41) is 12.2. The first kappa shape index (κ1) is 14.1. The smallest absolute Gasteiger partial charge is 0.170 e. The molecule has 0 saturated heterocycles. The number of amidine groups is 1. The molecule has 1 heterocycles. The first-order chi connectivity index (χ1) is 9.61. The minimum absolute atomic E-state index is 0.0939. The highest BCUT2D eigenvalue weighted by atomic mass is 35.5. The molecule has 0 unspecified atom stereocenters. The van der Waals surface area contributed by atoms with E-state index in [0.29, 0.717) is 17.1 Å². The van der Waals surface area contributed by atoms with Crippen LogP contribution in [0.15, 0.2) is 47.9 Å². The average Bonchev–Trinajstić information content (AvgIpc) is 2.49. The number of nitrogens with two attached hydrogens (primary N) is 1. The van der Waals surface area contributed by atoms with Crippen LogP contribution in [-0.2, 0) is 6.54 Å². The van der Waals surface area contributed by atoms with Crippen molar-refractivity contribution in [1.29, 1.82) is 0 Å². The standard InChI is InChI=1S/C14H15ClN4O/c1-19(9-11-6-7-17-8-13(11)15)12-4-2-10(3-5-12)14(16)18-20/h2-8,20H,9H2,1H3,(H2,16,18). The Hall–Kier alpha value is -2.27. The number of benzene rings is 1. The molecule has 3 N–H and O–H groups in total. The van der Waals surface area contributed by atoms with Gasteiger partial charge in [0.2, 0.25) is 0 Å². The third kappa shape index (κ3) is 3.19. The molecule has 0 spiro atoms. The summed E-state index contributed by atoms with van der Waals surface area (Å²) in [6, 6.07) is 9.30. The van der Waals surface area contributed by atoms with E-state index in [9.17, 15) is 0 Å². The van der Waals surface area contributed by atoms with Gasteiger partial charge in [-0.1, -0.05) is 16.8 Å². The number of hydrogen-bond acceptors (Lipinski definition) is 4. The summed E-state index contributed by atoms with van der Waals surface area (Å²) in [5.41, 5.74) is 8.21. The monoisotopic (exact) mass is 290 g/mol. The summed E-state index contributed by atoms with van der Waals surface area (Å²) < 4.78 is 0. The zero-order valence-electron chi connectivity index (χ0n) is 11.0. The third-order valence-electron chi connectivity index (χ3n) is 2.98. The van der Waals surface area contributed by atoms with Crippen molar-refractivity contribution in [2.24, 2.45) is 10.9 Å². The van der Waals surface area contributed by atoms with Crippen LogP contribution in [0.5, 0.6) is 0 Å². The number of anilines is 1. The van der Waals surface area contributed by atoms with E-state index in [0.717, 1.165) is 11.3 Å². The van der Waals surface area contributed by atoms with E-state index >= 15 is 0 Å². The number of rotatable bonds is 4. The molecule has 0 fully saturated rings. The van der Waals surface area contributed by atoms with Gasteiger partial charge in [0.15, 0.2) is 5.84 Å². The van der Waals surface area contributed by atoms with E-state index in [4.69, 9.17) is 22.5 Å². The molecule has 5 nitrogen and oxygen atoms in total. The van der Waals surface area contributed by atoms with E-state index in [1.165, 1.54) is 0 Å². The Balaban J connectivity index is 2.14. The van der Waals surface area contributed by atoms with Gasteiger partial charge < -0.3 is 15.8 Å². The Morgan fingerprint density at radius 3 is 2.65 bits per heavy atom. The summed E-state index contributed by atoms with van der Waals surface area (Å²) in [4.78, 5) is 6.02. The van der Waals surface area contributed by atoms with Gasteiger partial charge in [-0.2, -0.15) is 0 Å². The van der Waals surface area contributed by atoms with Crippen molar-refractivity contribution in [3.63, 3.8) is 0 Å². The molecule has 2 aromatic rings. The van der Waals surface area contributed by atoms with E-state index < -0.39 is 0 Å². The molecule has 6 heteroatoms. The molecule has 0 aliphatic carbocycles. The third-order valence-corrected chi connectivity index (χ3v) is 3.32. The van der Waals surface area contributed by atoms with Crippen LogP contribution in [0.4, 0.5) is 5.69 Å². The largest absolute Gasteiger partial charge is 0.409 e. The SMILES string of the molecule is CN(Cc1ccncc1Cl)c1ccc(C(N)=NO)cc1. The van der Waals surface area contributed by atoms with Crippen molar-refractivity contribution in [2.45, 2.75) is 6.54 Å². The highest BCUT2D eigenvalue weighted by Crippen LogP contribution is 2.20. The number of hydrogen-bond donors (Lipinski definition) is 2. The van der Waals surface area contributed by atoms with Crippen LogP contribution in [0, 0.1) is 0 Å². The minimum atomic E-state index is 0.0939. The molecule has 0 radical (unpaired) electrons. The van der Waals surface area contributed by atoms with Gasteiger partial charge in [-0.3, -0.25) is 4.98 Å². The Morgan fingerprint density at radius 2 is 2.05 bits per heavy atom. The minimum Gasteiger partial charge on any atom is -0.409 e. The lowest BCUT2D eigenvalue weighted by atomic mass is 10.1. The first-order valence-corrected chi connectivity index (χ1v) is 6.37. The molecular weight excluding hydrogens is 276 g/mol. The second-order valence-corrected chi connectivity index (χ2v) is 4.76. The number of halogens is 1. The van der Waals surface area contributed by atoms with Gasteiger partial charge >= 0.3 is 0 Å². The average molecular weight is 291 g/mol. The molecule has 1 aromatic heterocycles. The summed E-state index contributed by atoms with van der Waals surface area (Å²) in [6.45, 7) is 0.671. The molecule has 0 bridgehead atoms. The lowest BCUT2D eigenvalue weighted by Crippen LogP contribution is -2.17. The van der Waals surface area contributed by atoms with Crippen molar-refractivity contribution in [3.05, 3.63) is 58.9 Å². The predicted octanol–water partition coefficient (Wildman–Crippen LogP) is 2.47. The zero-order chi connectivity index (χ0) is 14.5. The molecule has 1 aromatic carbocycles. The van der Waals surface area contributed by atoms with Gasteiger partial charge in [0.1, 0.15) is 0 Å². The van der Waals surface area contributed by atoms with Crippen LogP contribution in [0.1, 0.15) is 11.1 Å². The van der Waals surface area contributed by atoms with Gasteiger partial charge in [0, 0.05) is 37.2 Å². The van der Waals surface area contributed by atoms with Crippen LogP contribution in [0.2, 0.25) is 5.02 Å². The van der Waals surface area contributed by atoms with Crippen molar-refractivity contribution >= 4 is 23.1 Å². The normalized spacial score (nSPS) is 11.4. The highest BCUT2D eigenvalue weighted by molar-refractivity contribution is 6.31. The van der Waals surface area contributed by atoms with Gasteiger partial charge in [-0.15, -0.1) is 0 Å². The lowest BCUT2D eigenvalue weighted by Gasteiger charge is -2.20. The van der Waals surface area contributed by atoms with Gasteiger partial charge in [-0.25, -0.2) is 0 Å². The maximum absolute atomic E-state index is 8.62. The summed E-state index contributed by atoms with van der Waals surface area (Å²) in [5.74, 6) is 0.0939. The molecule has 0 saturated carbocycles. The van der Waals surface area contributed by atoms with Crippen LogP contribution in [0.3, 0.4) is 0 Å².